The topological polar surface area (TPSA) is 49.3 Å². The summed E-state index contributed by atoms with van der Waals surface area (Å²) in [6.07, 6.45) is 3.85. The summed E-state index contributed by atoms with van der Waals surface area (Å²) in [5.41, 5.74) is 2.46. The molecule has 0 saturated carbocycles. The van der Waals surface area contributed by atoms with Gasteiger partial charge in [0.05, 0.1) is 0 Å². The van der Waals surface area contributed by atoms with Crippen molar-refractivity contribution < 1.29 is 4.79 Å². The molecule has 0 aliphatic carbocycles. The van der Waals surface area contributed by atoms with E-state index in [1.165, 1.54) is 19.2 Å². The van der Waals surface area contributed by atoms with Crippen molar-refractivity contribution in [2.24, 2.45) is 0 Å². The Balaban J connectivity index is 1.89. The highest BCUT2D eigenvalue weighted by atomic mass is 16.2. The van der Waals surface area contributed by atoms with Gasteiger partial charge in [0.15, 0.2) is 0 Å². The summed E-state index contributed by atoms with van der Waals surface area (Å²) in [4.78, 5) is 25.4. The highest BCUT2D eigenvalue weighted by Crippen LogP contribution is 2.22. The molecule has 0 bridgehead atoms. The minimum Gasteiger partial charge on any atom is -0.357 e. The summed E-state index contributed by atoms with van der Waals surface area (Å²) in [6.45, 7) is 6.60. The lowest BCUT2D eigenvalue weighted by atomic mass is 10.1. The molecule has 1 aromatic carbocycles. The Labute approximate surface area is 137 Å². The van der Waals surface area contributed by atoms with E-state index >= 15 is 0 Å². The molecule has 1 aliphatic heterocycles. The maximum Gasteiger partial charge on any atom is 0.277 e. The van der Waals surface area contributed by atoms with E-state index in [0.717, 1.165) is 30.2 Å². The Morgan fingerprint density at radius 3 is 2.65 bits per heavy atom. The molecule has 23 heavy (non-hydrogen) atoms. The summed E-state index contributed by atoms with van der Waals surface area (Å²) >= 11 is 0. The molecule has 5 nitrogen and oxygen atoms in total. The molecule has 0 radical (unpaired) electrons. The first-order chi connectivity index (χ1) is 11.2. The van der Waals surface area contributed by atoms with Crippen molar-refractivity contribution in [3.63, 3.8) is 0 Å². The van der Waals surface area contributed by atoms with Crippen LogP contribution in [0.25, 0.3) is 0 Å². The predicted molar refractivity (Wildman–Crippen MR) is 92.0 cm³/mol. The van der Waals surface area contributed by atoms with Crippen molar-refractivity contribution in [1.29, 1.82) is 0 Å². The molecule has 0 atom stereocenters. The minimum atomic E-state index is -0.0790. The zero-order valence-corrected chi connectivity index (χ0v) is 13.7. The van der Waals surface area contributed by atoms with E-state index in [1.807, 2.05) is 44.2 Å². The number of aryl methyl sites for hydroxylation is 1. The smallest absolute Gasteiger partial charge is 0.277 e. The van der Waals surface area contributed by atoms with E-state index in [4.69, 9.17) is 0 Å². The van der Waals surface area contributed by atoms with E-state index in [-0.39, 0.29) is 5.91 Å². The molecule has 2 heterocycles. The summed E-state index contributed by atoms with van der Waals surface area (Å²) in [7, 11) is 0. The van der Waals surface area contributed by atoms with E-state index < -0.39 is 0 Å². The van der Waals surface area contributed by atoms with Crippen LogP contribution >= 0.6 is 0 Å². The van der Waals surface area contributed by atoms with Crippen LogP contribution in [-0.2, 0) is 0 Å². The number of nitrogens with zero attached hydrogens (tertiary/aromatic N) is 4. The number of hydrogen-bond donors (Lipinski definition) is 0. The van der Waals surface area contributed by atoms with E-state index in [9.17, 15) is 4.79 Å². The number of para-hydroxylation sites is 1. The summed E-state index contributed by atoms with van der Waals surface area (Å²) in [6, 6.07) is 9.73. The Kier molecular flexibility index (Phi) is 4.55. The van der Waals surface area contributed by atoms with Gasteiger partial charge in [-0.15, -0.1) is 0 Å². The number of amides is 1. The Morgan fingerprint density at radius 1 is 1.22 bits per heavy atom. The van der Waals surface area contributed by atoms with Gasteiger partial charge >= 0.3 is 0 Å². The van der Waals surface area contributed by atoms with Gasteiger partial charge in [-0.25, -0.2) is 9.97 Å². The van der Waals surface area contributed by atoms with Crippen LogP contribution in [0.1, 0.15) is 35.8 Å². The zero-order valence-electron chi connectivity index (χ0n) is 13.7. The second-order valence-corrected chi connectivity index (χ2v) is 5.79. The molecule has 2 aromatic rings. The van der Waals surface area contributed by atoms with Gasteiger partial charge in [0.25, 0.3) is 5.91 Å². The van der Waals surface area contributed by atoms with Crippen molar-refractivity contribution in [1.82, 2.24) is 9.97 Å². The second-order valence-electron chi connectivity index (χ2n) is 5.79. The standard InChI is InChI=1S/C18H22N4O/c1-3-22(16-9-5-4-8-14(16)2)18(23)15-12-17(20-13-19-15)21-10-6-7-11-21/h4-5,8-9,12-13H,3,6-7,10-11H2,1-2H3. The predicted octanol–water partition coefficient (Wildman–Crippen LogP) is 3.05. The molecule has 1 amide bonds. The molecular formula is C18H22N4O. The van der Waals surface area contributed by atoms with Gasteiger partial charge in [0.2, 0.25) is 0 Å². The molecule has 1 fully saturated rings. The molecule has 0 N–H and O–H groups in total. The maximum absolute atomic E-state index is 12.9. The lowest BCUT2D eigenvalue weighted by molar-refractivity contribution is 0.0983. The molecule has 120 valence electrons. The number of carbonyl (C=O) groups is 1. The minimum absolute atomic E-state index is 0.0790. The first-order valence-corrected chi connectivity index (χ1v) is 8.15. The summed E-state index contributed by atoms with van der Waals surface area (Å²) in [5, 5.41) is 0. The molecule has 1 aliphatic rings. The molecule has 1 saturated heterocycles. The average Bonchev–Trinajstić information content (AvgIpc) is 3.12. The van der Waals surface area contributed by atoms with Crippen molar-refractivity contribution in [3.8, 4) is 0 Å². The SMILES string of the molecule is CCN(C(=O)c1cc(N2CCCC2)ncn1)c1ccccc1C. The molecule has 1 aromatic heterocycles. The largest absolute Gasteiger partial charge is 0.357 e. The first-order valence-electron chi connectivity index (χ1n) is 8.15. The average molecular weight is 310 g/mol. The summed E-state index contributed by atoms with van der Waals surface area (Å²) in [5.74, 6) is 0.770. The van der Waals surface area contributed by atoms with Gasteiger partial charge in [-0.05, 0) is 38.3 Å². The first kappa shape index (κ1) is 15.5. The third kappa shape index (κ3) is 3.18. The summed E-state index contributed by atoms with van der Waals surface area (Å²) < 4.78 is 0. The number of carbonyl (C=O) groups excluding carboxylic acids is 1. The zero-order chi connectivity index (χ0) is 16.2. The van der Waals surface area contributed by atoms with Crippen LogP contribution in [0.3, 0.4) is 0 Å². The van der Waals surface area contributed by atoms with Crippen molar-refractivity contribution in [3.05, 3.63) is 47.9 Å². The third-order valence-electron chi connectivity index (χ3n) is 4.27. The lowest BCUT2D eigenvalue weighted by Crippen LogP contribution is -2.32. The van der Waals surface area contributed by atoms with Crippen LogP contribution in [0.4, 0.5) is 11.5 Å². The Morgan fingerprint density at radius 2 is 1.96 bits per heavy atom. The van der Waals surface area contributed by atoms with Crippen molar-refractivity contribution >= 4 is 17.4 Å². The fourth-order valence-corrected chi connectivity index (χ4v) is 3.01. The van der Waals surface area contributed by atoms with Gasteiger partial charge in [-0.1, -0.05) is 18.2 Å². The van der Waals surface area contributed by atoms with Gasteiger partial charge in [-0.2, -0.15) is 0 Å². The van der Waals surface area contributed by atoms with Crippen molar-refractivity contribution in [2.45, 2.75) is 26.7 Å². The number of rotatable bonds is 4. The lowest BCUT2D eigenvalue weighted by Gasteiger charge is -2.23. The van der Waals surface area contributed by atoms with E-state index in [0.29, 0.717) is 12.2 Å². The van der Waals surface area contributed by atoms with E-state index in [2.05, 4.69) is 14.9 Å². The Bertz CT molecular complexity index is 695. The second kappa shape index (κ2) is 6.77. The number of aromatic nitrogens is 2. The number of benzene rings is 1. The quantitative estimate of drug-likeness (QED) is 0.871. The normalized spacial score (nSPS) is 14.1. The van der Waals surface area contributed by atoms with Crippen LogP contribution in [0, 0.1) is 6.92 Å². The fourth-order valence-electron chi connectivity index (χ4n) is 3.01. The van der Waals surface area contributed by atoms with E-state index in [1.54, 1.807) is 4.90 Å². The van der Waals surface area contributed by atoms with Crippen LogP contribution in [0.2, 0.25) is 0 Å². The Hall–Kier alpha value is -2.43. The molecule has 0 spiro atoms. The van der Waals surface area contributed by atoms with Gasteiger partial charge in [-0.3, -0.25) is 4.79 Å². The highest BCUT2D eigenvalue weighted by Gasteiger charge is 2.21. The molecule has 0 unspecified atom stereocenters. The monoisotopic (exact) mass is 310 g/mol. The third-order valence-corrected chi connectivity index (χ3v) is 4.27. The van der Waals surface area contributed by atoms with Crippen LogP contribution in [-0.4, -0.2) is 35.5 Å². The molecule has 5 heteroatoms. The van der Waals surface area contributed by atoms with Gasteiger partial charge in [0.1, 0.15) is 17.8 Å². The molecular weight excluding hydrogens is 288 g/mol. The van der Waals surface area contributed by atoms with Gasteiger partial charge < -0.3 is 9.80 Å². The van der Waals surface area contributed by atoms with Gasteiger partial charge in [0, 0.05) is 31.4 Å². The van der Waals surface area contributed by atoms with Crippen molar-refractivity contribution in [2.75, 3.05) is 29.4 Å². The molecule has 3 rings (SSSR count). The van der Waals surface area contributed by atoms with Crippen LogP contribution < -0.4 is 9.80 Å². The number of anilines is 2. The maximum atomic E-state index is 12.9. The number of hydrogen-bond acceptors (Lipinski definition) is 4. The highest BCUT2D eigenvalue weighted by molar-refractivity contribution is 6.05. The fraction of sp³-hybridized carbons (Fsp3) is 0.389. The van der Waals surface area contributed by atoms with Crippen LogP contribution in [0.15, 0.2) is 36.7 Å². The van der Waals surface area contributed by atoms with Crippen LogP contribution in [0.5, 0.6) is 0 Å².